The van der Waals surface area contributed by atoms with Gasteiger partial charge in [-0.15, -0.1) is 0 Å². The lowest BCUT2D eigenvalue weighted by Crippen LogP contribution is -2.44. The summed E-state index contributed by atoms with van der Waals surface area (Å²) < 4.78 is 0. The van der Waals surface area contributed by atoms with Crippen LogP contribution >= 0.6 is 11.6 Å². The Labute approximate surface area is 130 Å². The van der Waals surface area contributed by atoms with Crippen molar-refractivity contribution in [1.29, 1.82) is 0 Å². The topological polar surface area (TPSA) is 52.7 Å². The lowest BCUT2D eigenvalue weighted by atomic mass is 10.2. The Morgan fingerprint density at radius 1 is 1.19 bits per heavy atom. The summed E-state index contributed by atoms with van der Waals surface area (Å²) in [6, 6.07) is 7.07. The maximum absolute atomic E-state index is 12.0. The molecule has 116 valence electrons. The molecule has 3 amide bonds. The van der Waals surface area contributed by atoms with Crippen LogP contribution in [-0.2, 0) is 11.3 Å². The molecule has 1 rings (SSSR count). The van der Waals surface area contributed by atoms with E-state index in [4.69, 9.17) is 11.6 Å². The average molecular weight is 312 g/mol. The second kappa shape index (κ2) is 8.52. The molecule has 1 aromatic carbocycles. The number of carbonyl (C=O) groups excluding carboxylic acids is 2. The standard InChI is InChI=1S/C15H22ClN3O2/c1-4-19(5-2)14(20)10-17-15(21)18(3)11-12-8-6-7-9-13(12)16/h6-9H,4-5,10-11H2,1-3H3,(H,17,21). The largest absolute Gasteiger partial charge is 0.342 e. The molecule has 21 heavy (non-hydrogen) atoms. The molecule has 0 heterocycles. The van der Waals surface area contributed by atoms with Crippen LogP contribution in [-0.4, -0.2) is 48.4 Å². The third-order valence-corrected chi connectivity index (χ3v) is 3.59. The summed E-state index contributed by atoms with van der Waals surface area (Å²) in [5.74, 6) is -0.0838. The first kappa shape index (κ1) is 17.3. The highest BCUT2D eigenvalue weighted by Gasteiger charge is 2.14. The molecular weight excluding hydrogens is 290 g/mol. The van der Waals surface area contributed by atoms with Crippen molar-refractivity contribution in [3.63, 3.8) is 0 Å². The van der Waals surface area contributed by atoms with Crippen LogP contribution < -0.4 is 5.32 Å². The predicted octanol–water partition coefficient (Wildman–Crippen LogP) is 2.35. The Balaban J connectivity index is 2.48. The van der Waals surface area contributed by atoms with Crippen LogP contribution in [0, 0.1) is 0 Å². The first-order chi connectivity index (χ1) is 9.99. The number of amides is 3. The fraction of sp³-hybridized carbons (Fsp3) is 0.467. The molecule has 0 radical (unpaired) electrons. The first-order valence-electron chi connectivity index (χ1n) is 6.99. The predicted molar refractivity (Wildman–Crippen MR) is 84.2 cm³/mol. The first-order valence-corrected chi connectivity index (χ1v) is 7.37. The molecule has 0 aromatic heterocycles. The summed E-state index contributed by atoms with van der Waals surface area (Å²) in [5, 5.41) is 3.25. The molecule has 0 fully saturated rings. The summed E-state index contributed by atoms with van der Waals surface area (Å²) in [6.07, 6.45) is 0. The van der Waals surface area contributed by atoms with Gasteiger partial charge in [0.25, 0.3) is 0 Å². The highest BCUT2D eigenvalue weighted by Crippen LogP contribution is 2.16. The molecule has 0 unspecified atom stereocenters. The smallest absolute Gasteiger partial charge is 0.317 e. The van der Waals surface area contributed by atoms with Gasteiger partial charge in [-0.1, -0.05) is 29.8 Å². The normalized spacial score (nSPS) is 10.1. The van der Waals surface area contributed by atoms with Crippen LogP contribution in [0.25, 0.3) is 0 Å². The zero-order valence-corrected chi connectivity index (χ0v) is 13.5. The molecule has 0 aliphatic rings. The molecule has 6 heteroatoms. The van der Waals surface area contributed by atoms with Crippen molar-refractivity contribution < 1.29 is 9.59 Å². The molecule has 0 atom stereocenters. The van der Waals surface area contributed by atoms with Crippen molar-refractivity contribution in [2.24, 2.45) is 0 Å². The van der Waals surface area contributed by atoms with E-state index >= 15 is 0 Å². The SMILES string of the molecule is CCN(CC)C(=O)CNC(=O)N(C)Cc1ccccc1Cl. The van der Waals surface area contributed by atoms with E-state index in [-0.39, 0.29) is 18.5 Å². The zero-order chi connectivity index (χ0) is 15.8. The summed E-state index contributed by atoms with van der Waals surface area (Å²) in [4.78, 5) is 27.0. The van der Waals surface area contributed by atoms with Gasteiger partial charge < -0.3 is 15.1 Å². The van der Waals surface area contributed by atoms with Crippen molar-refractivity contribution in [2.75, 3.05) is 26.7 Å². The maximum Gasteiger partial charge on any atom is 0.317 e. The number of urea groups is 1. The number of halogens is 1. The van der Waals surface area contributed by atoms with E-state index in [1.807, 2.05) is 32.0 Å². The number of nitrogens with one attached hydrogen (secondary N) is 1. The van der Waals surface area contributed by atoms with Gasteiger partial charge in [0.15, 0.2) is 0 Å². The van der Waals surface area contributed by atoms with E-state index < -0.39 is 0 Å². The highest BCUT2D eigenvalue weighted by molar-refractivity contribution is 6.31. The van der Waals surface area contributed by atoms with Gasteiger partial charge in [-0.3, -0.25) is 4.79 Å². The summed E-state index contributed by atoms with van der Waals surface area (Å²) in [5.41, 5.74) is 0.867. The number of hydrogen-bond acceptors (Lipinski definition) is 2. The van der Waals surface area contributed by atoms with Gasteiger partial charge in [0.2, 0.25) is 5.91 Å². The van der Waals surface area contributed by atoms with Gasteiger partial charge in [-0.05, 0) is 25.5 Å². The minimum Gasteiger partial charge on any atom is -0.342 e. The fourth-order valence-electron chi connectivity index (χ4n) is 1.93. The van der Waals surface area contributed by atoms with Gasteiger partial charge in [0.1, 0.15) is 0 Å². The molecule has 5 nitrogen and oxygen atoms in total. The molecular formula is C15H22ClN3O2. The number of hydrogen-bond donors (Lipinski definition) is 1. The Morgan fingerprint density at radius 2 is 1.81 bits per heavy atom. The molecule has 0 aliphatic carbocycles. The van der Waals surface area contributed by atoms with Gasteiger partial charge >= 0.3 is 6.03 Å². The van der Waals surface area contributed by atoms with Crippen LogP contribution in [0.1, 0.15) is 19.4 Å². The number of likely N-dealkylation sites (N-methyl/N-ethyl adjacent to an activating group) is 1. The molecule has 0 bridgehead atoms. The van der Waals surface area contributed by atoms with Crippen molar-refractivity contribution >= 4 is 23.5 Å². The maximum atomic E-state index is 12.0. The minimum absolute atomic E-state index is 0.00732. The van der Waals surface area contributed by atoms with Crippen molar-refractivity contribution in [1.82, 2.24) is 15.1 Å². The molecule has 0 spiro atoms. The van der Waals surface area contributed by atoms with E-state index in [1.54, 1.807) is 18.0 Å². The van der Waals surface area contributed by atoms with E-state index in [2.05, 4.69) is 5.32 Å². The van der Waals surface area contributed by atoms with Gasteiger partial charge in [-0.2, -0.15) is 0 Å². The minimum atomic E-state index is -0.296. The number of benzene rings is 1. The molecule has 0 aliphatic heterocycles. The van der Waals surface area contributed by atoms with E-state index in [9.17, 15) is 9.59 Å². The van der Waals surface area contributed by atoms with Crippen molar-refractivity contribution in [3.05, 3.63) is 34.9 Å². The van der Waals surface area contributed by atoms with Gasteiger partial charge in [0.05, 0.1) is 6.54 Å². The summed E-state index contributed by atoms with van der Waals surface area (Å²) >= 11 is 6.06. The molecule has 1 aromatic rings. The summed E-state index contributed by atoms with van der Waals surface area (Å²) in [7, 11) is 1.67. The van der Waals surface area contributed by atoms with Crippen LogP contribution in [0.5, 0.6) is 0 Å². The van der Waals surface area contributed by atoms with Crippen molar-refractivity contribution in [2.45, 2.75) is 20.4 Å². The van der Waals surface area contributed by atoms with E-state index in [1.165, 1.54) is 4.90 Å². The molecule has 1 N–H and O–H groups in total. The van der Waals surface area contributed by atoms with Gasteiger partial charge in [0, 0.05) is 31.7 Å². The third-order valence-electron chi connectivity index (χ3n) is 3.22. The number of nitrogens with zero attached hydrogens (tertiary/aromatic N) is 2. The average Bonchev–Trinajstić information content (AvgIpc) is 2.48. The van der Waals surface area contributed by atoms with Crippen molar-refractivity contribution in [3.8, 4) is 0 Å². The van der Waals surface area contributed by atoms with Crippen LogP contribution in [0.2, 0.25) is 5.02 Å². The number of rotatable bonds is 6. The van der Waals surface area contributed by atoms with E-state index in [0.29, 0.717) is 24.7 Å². The second-order valence-electron chi connectivity index (χ2n) is 4.67. The van der Waals surface area contributed by atoms with Gasteiger partial charge in [-0.25, -0.2) is 4.79 Å². The molecule has 0 saturated heterocycles. The van der Waals surface area contributed by atoms with E-state index in [0.717, 1.165) is 5.56 Å². The molecule has 0 saturated carbocycles. The van der Waals surface area contributed by atoms with Crippen LogP contribution in [0.4, 0.5) is 4.79 Å². The quantitative estimate of drug-likeness (QED) is 0.877. The fourth-order valence-corrected chi connectivity index (χ4v) is 2.12. The zero-order valence-electron chi connectivity index (χ0n) is 12.7. The lowest BCUT2D eigenvalue weighted by Gasteiger charge is -2.21. The van der Waals surface area contributed by atoms with Crippen LogP contribution in [0.3, 0.4) is 0 Å². The summed E-state index contributed by atoms with van der Waals surface area (Å²) in [6.45, 7) is 5.50. The monoisotopic (exact) mass is 311 g/mol. The Kier molecular flexibility index (Phi) is 7.02. The van der Waals surface area contributed by atoms with Crippen LogP contribution in [0.15, 0.2) is 24.3 Å². The highest BCUT2D eigenvalue weighted by atomic mass is 35.5. The second-order valence-corrected chi connectivity index (χ2v) is 5.08. The Bertz CT molecular complexity index is 490. The third kappa shape index (κ3) is 5.27. The Hall–Kier alpha value is -1.75. The Morgan fingerprint density at radius 3 is 2.38 bits per heavy atom. The lowest BCUT2D eigenvalue weighted by molar-refractivity contribution is -0.129. The number of carbonyl (C=O) groups is 2.